The predicted molar refractivity (Wildman–Crippen MR) is 77.1 cm³/mol. The molecule has 0 aliphatic carbocycles. The van der Waals surface area contributed by atoms with Gasteiger partial charge in [0, 0.05) is 11.5 Å². The number of carbonyl (C=O) groups is 2. The summed E-state index contributed by atoms with van der Waals surface area (Å²) in [6.45, 7) is 1.59. The number of carbonyl (C=O) groups excluding carboxylic acids is 1. The lowest BCUT2D eigenvalue weighted by Gasteiger charge is -2.03. The lowest BCUT2D eigenvalue weighted by Crippen LogP contribution is -1.98. The molecule has 98 valence electrons. The van der Waals surface area contributed by atoms with Crippen LogP contribution < -0.4 is 0 Å². The van der Waals surface area contributed by atoms with Crippen molar-refractivity contribution in [1.29, 1.82) is 0 Å². The maximum Gasteiger partial charge on any atom is 0.313 e. The van der Waals surface area contributed by atoms with Crippen molar-refractivity contribution in [3.8, 4) is 0 Å². The standard InChI is InChI=1S/C13H16O3S2/c1-10(14)6-17-7-11-2-4-12(5-3-11)8-18-9-13(15)16/h2-5H,6-9H2,1H3,(H,15,16). The van der Waals surface area contributed by atoms with Crippen molar-refractivity contribution in [1.82, 2.24) is 0 Å². The van der Waals surface area contributed by atoms with Crippen molar-refractivity contribution in [2.45, 2.75) is 18.4 Å². The molecule has 0 fully saturated rings. The molecule has 0 spiro atoms. The molecule has 3 nitrogen and oxygen atoms in total. The highest BCUT2D eigenvalue weighted by Gasteiger charge is 2.00. The molecule has 5 heteroatoms. The minimum absolute atomic E-state index is 0.135. The molecule has 0 radical (unpaired) electrons. The predicted octanol–water partition coefficient (Wildman–Crippen LogP) is 2.83. The number of hydrogen-bond acceptors (Lipinski definition) is 4. The summed E-state index contributed by atoms with van der Waals surface area (Å²) in [7, 11) is 0. The van der Waals surface area contributed by atoms with Crippen LogP contribution in [0.2, 0.25) is 0 Å². The molecule has 0 aliphatic heterocycles. The zero-order chi connectivity index (χ0) is 13.4. The fourth-order valence-electron chi connectivity index (χ4n) is 1.30. The maximum absolute atomic E-state index is 10.8. The number of ketones is 1. The smallest absolute Gasteiger partial charge is 0.313 e. The van der Waals surface area contributed by atoms with Gasteiger partial charge in [0.25, 0.3) is 0 Å². The average Bonchev–Trinajstić information content (AvgIpc) is 2.30. The van der Waals surface area contributed by atoms with Gasteiger partial charge in [0.05, 0.1) is 11.5 Å². The highest BCUT2D eigenvalue weighted by molar-refractivity contribution is 7.99. The minimum atomic E-state index is -0.780. The first kappa shape index (κ1) is 15.1. The summed E-state index contributed by atoms with van der Waals surface area (Å²) in [6.07, 6.45) is 0. The number of rotatable bonds is 8. The fourth-order valence-corrected chi connectivity index (χ4v) is 2.82. The molecule has 0 bridgehead atoms. The van der Waals surface area contributed by atoms with Gasteiger partial charge in [0.2, 0.25) is 0 Å². The van der Waals surface area contributed by atoms with E-state index in [2.05, 4.69) is 0 Å². The molecule has 0 unspecified atom stereocenters. The summed E-state index contributed by atoms with van der Waals surface area (Å²) < 4.78 is 0. The summed E-state index contributed by atoms with van der Waals surface area (Å²) in [6, 6.07) is 8.09. The van der Waals surface area contributed by atoms with Crippen LogP contribution >= 0.6 is 23.5 Å². The van der Waals surface area contributed by atoms with E-state index < -0.39 is 5.97 Å². The van der Waals surface area contributed by atoms with Crippen molar-refractivity contribution in [3.63, 3.8) is 0 Å². The first-order chi connectivity index (χ1) is 8.58. The van der Waals surface area contributed by atoms with Gasteiger partial charge in [-0.25, -0.2) is 0 Å². The topological polar surface area (TPSA) is 54.4 Å². The number of Topliss-reactive ketones (excluding diaryl/α,β-unsaturated/α-hetero) is 1. The van der Waals surface area contributed by atoms with E-state index in [1.54, 1.807) is 18.7 Å². The molecule has 1 N–H and O–H groups in total. The molecule has 1 aromatic carbocycles. The van der Waals surface area contributed by atoms with Gasteiger partial charge >= 0.3 is 5.97 Å². The maximum atomic E-state index is 10.8. The van der Waals surface area contributed by atoms with Gasteiger partial charge in [0.1, 0.15) is 5.78 Å². The Morgan fingerprint density at radius 2 is 1.44 bits per heavy atom. The van der Waals surface area contributed by atoms with Crippen LogP contribution in [0.4, 0.5) is 0 Å². The molecule has 1 rings (SSSR count). The third-order valence-corrected chi connectivity index (χ3v) is 4.23. The fraction of sp³-hybridized carbons (Fsp3) is 0.385. The van der Waals surface area contributed by atoms with E-state index in [1.807, 2.05) is 24.3 Å². The monoisotopic (exact) mass is 284 g/mol. The van der Waals surface area contributed by atoms with E-state index >= 15 is 0 Å². The van der Waals surface area contributed by atoms with Gasteiger partial charge < -0.3 is 5.11 Å². The van der Waals surface area contributed by atoms with Crippen molar-refractivity contribution < 1.29 is 14.7 Å². The third-order valence-electron chi connectivity index (χ3n) is 2.09. The van der Waals surface area contributed by atoms with E-state index in [9.17, 15) is 9.59 Å². The normalized spacial score (nSPS) is 10.3. The molecule has 0 amide bonds. The summed E-state index contributed by atoms with van der Waals surface area (Å²) >= 11 is 3.00. The Bertz CT molecular complexity index is 362. The highest BCUT2D eigenvalue weighted by atomic mass is 32.2. The molecule has 0 heterocycles. The molecule has 0 aromatic heterocycles. The Morgan fingerprint density at radius 3 is 1.83 bits per heavy atom. The molecular weight excluding hydrogens is 268 g/mol. The van der Waals surface area contributed by atoms with Crippen LogP contribution in [0.15, 0.2) is 24.3 Å². The Labute approximate surface area is 115 Å². The van der Waals surface area contributed by atoms with Crippen LogP contribution in [0.25, 0.3) is 0 Å². The summed E-state index contributed by atoms with van der Waals surface area (Å²) in [4.78, 5) is 21.2. The Kier molecular flexibility index (Phi) is 6.90. The number of benzene rings is 1. The van der Waals surface area contributed by atoms with E-state index in [0.717, 1.165) is 11.3 Å². The molecule has 18 heavy (non-hydrogen) atoms. The second kappa shape index (κ2) is 8.21. The van der Waals surface area contributed by atoms with Gasteiger partial charge in [-0.1, -0.05) is 24.3 Å². The van der Waals surface area contributed by atoms with E-state index in [-0.39, 0.29) is 11.5 Å². The van der Waals surface area contributed by atoms with Crippen LogP contribution in [0.5, 0.6) is 0 Å². The number of hydrogen-bond donors (Lipinski definition) is 1. The molecule has 1 aromatic rings. The van der Waals surface area contributed by atoms with Crippen molar-refractivity contribution in [3.05, 3.63) is 35.4 Å². The number of carboxylic acids is 1. The van der Waals surface area contributed by atoms with E-state index in [0.29, 0.717) is 11.5 Å². The second-order valence-electron chi connectivity index (χ2n) is 3.90. The molecular formula is C13H16O3S2. The van der Waals surface area contributed by atoms with Crippen molar-refractivity contribution in [2.24, 2.45) is 0 Å². The first-order valence-electron chi connectivity index (χ1n) is 5.52. The summed E-state index contributed by atoms with van der Waals surface area (Å²) in [5.41, 5.74) is 2.31. The van der Waals surface area contributed by atoms with E-state index in [1.165, 1.54) is 17.3 Å². The number of aliphatic carboxylic acids is 1. The Morgan fingerprint density at radius 1 is 1.00 bits per heavy atom. The lowest BCUT2D eigenvalue weighted by atomic mass is 10.2. The molecule has 0 saturated heterocycles. The van der Waals surface area contributed by atoms with Crippen LogP contribution in [-0.2, 0) is 21.1 Å². The quantitative estimate of drug-likeness (QED) is 0.795. The van der Waals surface area contributed by atoms with Gasteiger partial charge in [-0.3, -0.25) is 9.59 Å². The van der Waals surface area contributed by atoms with Crippen molar-refractivity contribution >= 4 is 35.3 Å². The zero-order valence-corrected chi connectivity index (χ0v) is 11.9. The van der Waals surface area contributed by atoms with E-state index in [4.69, 9.17) is 5.11 Å². The second-order valence-corrected chi connectivity index (χ2v) is 5.87. The summed E-state index contributed by atoms with van der Waals surface area (Å²) in [5.74, 6) is 1.65. The third kappa shape index (κ3) is 6.71. The summed E-state index contributed by atoms with van der Waals surface area (Å²) in [5, 5.41) is 8.53. The van der Waals surface area contributed by atoms with Crippen LogP contribution in [-0.4, -0.2) is 28.4 Å². The lowest BCUT2D eigenvalue weighted by molar-refractivity contribution is -0.133. The number of carboxylic acid groups (broad SMARTS) is 1. The van der Waals surface area contributed by atoms with Gasteiger partial charge in [-0.15, -0.1) is 23.5 Å². The highest BCUT2D eigenvalue weighted by Crippen LogP contribution is 2.16. The van der Waals surface area contributed by atoms with Gasteiger partial charge in [-0.2, -0.15) is 0 Å². The van der Waals surface area contributed by atoms with Crippen molar-refractivity contribution in [2.75, 3.05) is 11.5 Å². The minimum Gasteiger partial charge on any atom is -0.481 e. The largest absolute Gasteiger partial charge is 0.481 e. The molecule has 0 atom stereocenters. The first-order valence-corrected chi connectivity index (χ1v) is 7.83. The number of thioether (sulfide) groups is 2. The Hall–Kier alpha value is -0.940. The SMILES string of the molecule is CC(=O)CSCc1ccc(CSCC(=O)O)cc1. The van der Waals surface area contributed by atoms with Gasteiger partial charge in [0.15, 0.2) is 0 Å². The molecule has 0 saturated carbocycles. The Balaban J connectivity index is 2.33. The average molecular weight is 284 g/mol. The van der Waals surface area contributed by atoms with Crippen LogP contribution in [0.3, 0.4) is 0 Å². The van der Waals surface area contributed by atoms with Crippen LogP contribution in [0.1, 0.15) is 18.1 Å². The van der Waals surface area contributed by atoms with Gasteiger partial charge in [-0.05, 0) is 18.1 Å². The van der Waals surface area contributed by atoms with Crippen LogP contribution in [0, 0.1) is 0 Å². The zero-order valence-electron chi connectivity index (χ0n) is 10.2. The molecule has 0 aliphatic rings.